The number of rotatable bonds is 27. The second-order valence-electron chi connectivity index (χ2n) is 13.1. The van der Waals surface area contributed by atoms with Crippen molar-refractivity contribution >= 4 is 0 Å². The third kappa shape index (κ3) is 14.3. The fourth-order valence-electron chi connectivity index (χ4n) is 7.05. The summed E-state index contributed by atoms with van der Waals surface area (Å²) >= 11 is 0. The van der Waals surface area contributed by atoms with E-state index >= 15 is 0 Å². The van der Waals surface area contributed by atoms with Crippen molar-refractivity contribution in [3.05, 3.63) is 28.8 Å². The molecule has 0 aliphatic carbocycles. The van der Waals surface area contributed by atoms with Crippen LogP contribution in [0.2, 0.25) is 0 Å². The highest BCUT2D eigenvalue weighted by Gasteiger charge is 2.29. The van der Waals surface area contributed by atoms with Crippen LogP contribution < -0.4 is 0 Å². The zero-order valence-corrected chi connectivity index (χ0v) is 28.3. The van der Waals surface area contributed by atoms with Crippen LogP contribution in [0.25, 0.3) is 0 Å². The molecule has 0 amide bonds. The molecule has 0 bridgehead atoms. The number of benzene rings is 1. The number of hydrogen-bond donors (Lipinski definition) is 1. The van der Waals surface area contributed by atoms with Gasteiger partial charge in [-0.05, 0) is 73.5 Å². The van der Waals surface area contributed by atoms with E-state index in [4.69, 9.17) is 0 Å². The molecule has 234 valence electrons. The van der Waals surface area contributed by atoms with Crippen LogP contribution in [0, 0.1) is 0 Å². The first kappa shape index (κ1) is 37.0. The summed E-state index contributed by atoms with van der Waals surface area (Å²) in [4.78, 5) is 0. The Morgan fingerprint density at radius 3 is 1.02 bits per heavy atom. The molecule has 0 aliphatic heterocycles. The quantitative estimate of drug-likeness (QED) is 0.107. The fourth-order valence-corrected chi connectivity index (χ4v) is 7.05. The van der Waals surface area contributed by atoms with Crippen LogP contribution in [0.4, 0.5) is 0 Å². The van der Waals surface area contributed by atoms with Crippen molar-refractivity contribution in [1.29, 1.82) is 0 Å². The molecule has 0 aliphatic rings. The lowest BCUT2D eigenvalue weighted by atomic mass is 9.73. The van der Waals surface area contributed by atoms with Crippen molar-refractivity contribution in [2.24, 2.45) is 0 Å². The molecule has 0 unspecified atom stereocenters. The Bertz CT molecular complexity index is 677. The van der Waals surface area contributed by atoms with E-state index in [9.17, 15) is 5.11 Å². The third-order valence-corrected chi connectivity index (χ3v) is 9.49. The highest BCUT2D eigenvalue weighted by atomic mass is 16.3. The standard InChI is InChI=1S/C39H72O/c1-7-13-19-25-33(26-20-14-8-2)36-31-32-37(40)39(35(29-23-17-11-5)30-24-18-12-6)38(36)34(27-21-15-9-3)28-22-16-10-4/h31-35,40H,7-30H2,1-6H3. The number of unbranched alkanes of at least 4 members (excludes halogenated alkanes) is 12. The first-order valence-electron chi connectivity index (χ1n) is 18.4. The summed E-state index contributed by atoms with van der Waals surface area (Å²) in [5.74, 6) is 2.39. The second-order valence-corrected chi connectivity index (χ2v) is 13.1. The van der Waals surface area contributed by atoms with Gasteiger partial charge in [-0.2, -0.15) is 0 Å². The van der Waals surface area contributed by atoms with E-state index < -0.39 is 0 Å². The molecule has 0 saturated heterocycles. The van der Waals surface area contributed by atoms with Gasteiger partial charge in [-0.3, -0.25) is 0 Å². The maximum atomic E-state index is 11.7. The number of aromatic hydroxyl groups is 1. The summed E-state index contributed by atoms with van der Waals surface area (Å²) in [6.07, 6.45) is 31.4. The summed E-state index contributed by atoms with van der Waals surface area (Å²) in [5.41, 5.74) is 4.69. The summed E-state index contributed by atoms with van der Waals surface area (Å²) in [5, 5.41) is 11.7. The van der Waals surface area contributed by atoms with Gasteiger partial charge in [0.2, 0.25) is 0 Å². The highest BCUT2D eigenvalue weighted by molar-refractivity contribution is 5.50. The average molecular weight is 557 g/mol. The molecule has 0 radical (unpaired) electrons. The van der Waals surface area contributed by atoms with Gasteiger partial charge >= 0.3 is 0 Å². The number of phenolic OH excluding ortho intramolecular Hbond substituents is 1. The van der Waals surface area contributed by atoms with Gasteiger partial charge in [0.15, 0.2) is 0 Å². The molecule has 0 atom stereocenters. The minimum Gasteiger partial charge on any atom is -0.508 e. The average Bonchev–Trinajstić information content (AvgIpc) is 2.95. The van der Waals surface area contributed by atoms with Crippen LogP contribution in [0.3, 0.4) is 0 Å². The Balaban J connectivity index is 3.72. The Morgan fingerprint density at radius 2 is 0.700 bits per heavy atom. The monoisotopic (exact) mass is 557 g/mol. The van der Waals surface area contributed by atoms with Crippen LogP contribution in [0.1, 0.15) is 230 Å². The first-order valence-corrected chi connectivity index (χ1v) is 18.4. The van der Waals surface area contributed by atoms with Gasteiger partial charge in [0.25, 0.3) is 0 Å². The number of hydrogen-bond acceptors (Lipinski definition) is 1. The van der Waals surface area contributed by atoms with Crippen molar-refractivity contribution in [2.75, 3.05) is 0 Å². The minimum atomic E-state index is 0.514. The van der Waals surface area contributed by atoms with Crippen LogP contribution >= 0.6 is 0 Å². The third-order valence-electron chi connectivity index (χ3n) is 9.49. The minimum absolute atomic E-state index is 0.514. The molecule has 0 aromatic heterocycles. The SMILES string of the molecule is CCCCCC(CCCCC)c1ccc(O)c(C(CCCCC)CCCCC)c1C(CCCCC)CCCCC. The van der Waals surface area contributed by atoms with Gasteiger partial charge in [-0.25, -0.2) is 0 Å². The van der Waals surface area contributed by atoms with Gasteiger partial charge in [0.05, 0.1) is 0 Å². The van der Waals surface area contributed by atoms with E-state index in [1.165, 1.54) is 160 Å². The molecule has 1 aromatic carbocycles. The van der Waals surface area contributed by atoms with Crippen LogP contribution in [-0.4, -0.2) is 5.11 Å². The van der Waals surface area contributed by atoms with Crippen LogP contribution in [0.5, 0.6) is 5.75 Å². The molecule has 1 rings (SSSR count). The lowest BCUT2D eigenvalue weighted by Crippen LogP contribution is -2.15. The molecule has 1 aromatic rings. The Kier molecular flexibility index (Phi) is 22.8. The summed E-state index contributed by atoms with van der Waals surface area (Å²) in [6, 6.07) is 4.53. The molecule has 1 nitrogen and oxygen atoms in total. The molecule has 0 fully saturated rings. The maximum Gasteiger partial charge on any atom is 0.119 e. The van der Waals surface area contributed by atoms with E-state index in [-0.39, 0.29) is 0 Å². The van der Waals surface area contributed by atoms with Gasteiger partial charge in [-0.1, -0.05) is 163 Å². The van der Waals surface area contributed by atoms with E-state index in [0.29, 0.717) is 23.5 Å². The Labute approximate surface area is 252 Å². The van der Waals surface area contributed by atoms with E-state index in [1.54, 1.807) is 11.1 Å². The smallest absolute Gasteiger partial charge is 0.119 e. The Hall–Kier alpha value is -0.980. The Morgan fingerprint density at radius 1 is 0.400 bits per heavy atom. The van der Waals surface area contributed by atoms with Gasteiger partial charge < -0.3 is 5.11 Å². The molecule has 1 N–H and O–H groups in total. The van der Waals surface area contributed by atoms with Crippen molar-refractivity contribution in [2.45, 2.75) is 213 Å². The first-order chi connectivity index (χ1) is 19.6. The molecule has 40 heavy (non-hydrogen) atoms. The number of phenols is 1. The van der Waals surface area contributed by atoms with E-state index in [1.807, 2.05) is 0 Å². The van der Waals surface area contributed by atoms with Crippen LogP contribution in [0.15, 0.2) is 12.1 Å². The van der Waals surface area contributed by atoms with Crippen molar-refractivity contribution in [3.63, 3.8) is 0 Å². The predicted octanol–water partition coefficient (Wildman–Crippen LogP) is 14.1. The topological polar surface area (TPSA) is 20.2 Å². The summed E-state index contributed by atoms with van der Waals surface area (Å²) in [7, 11) is 0. The van der Waals surface area contributed by atoms with Crippen molar-refractivity contribution in [1.82, 2.24) is 0 Å². The molecule has 1 heteroatoms. The lowest BCUT2D eigenvalue weighted by Gasteiger charge is -2.32. The molecule has 0 saturated carbocycles. The zero-order chi connectivity index (χ0) is 29.4. The van der Waals surface area contributed by atoms with Crippen LogP contribution in [-0.2, 0) is 0 Å². The molecule has 0 heterocycles. The van der Waals surface area contributed by atoms with Crippen molar-refractivity contribution in [3.8, 4) is 5.75 Å². The lowest BCUT2D eigenvalue weighted by molar-refractivity contribution is 0.425. The molecular formula is C39H72O. The fraction of sp³-hybridized carbons (Fsp3) is 0.846. The van der Waals surface area contributed by atoms with Gasteiger partial charge in [-0.15, -0.1) is 0 Å². The predicted molar refractivity (Wildman–Crippen MR) is 181 cm³/mol. The zero-order valence-electron chi connectivity index (χ0n) is 28.3. The summed E-state index contributed by atoms with van der Waals surface area (Å²) in [6.45, 7) is 14.0. The summed E-state index contributed by atoms with van der Waals surface area (Å²) < 4.78 is 0. The molecule has 0 spiro atoms. The van der Waals surface area contributed by atoms with E-state index in [2.05, 4.69) is 53.7 Å². The second kappa shape index (κ2) is 24.6. The molecular weight excluding hydrogens is 484 g/mol. The van der Waals surface area contributed by atoms with Crippen molar-refractivity contribution < 1.29 is 5.11 Å². The largest absolute Gasteiger partial charge is 0.508 e. The maximum absolute atomic E-state index is 11.7. The normalized spacial score (nSPS) is 11.9. The van der Waals surface area contributed by atoms with E-state index in [0.717, 1.165) is 0 Å². The van der Waals surface area contributed by atoms with Gasteiger partial charge in [0, 0.05) is 5.56 Å². The highest BCUT2D eigenvalue weighted by Crippen LogP contribution is 2.47. The van der Waals surface area contributed by atoms with Gasteiger partial charge in [0.1, 0.15) is 5.75 Å².